The summed E-state index contributed by atoms with van der Waals surface area (Å²) in [6.45, 7) is 8.03. The molecule has 10 nitrogen and oxygen atoms in total. The van der Waals surface area contributed by atoms with Crippen molar-refractivity contribution >= 4 is 23.6 Å². The van der Waals surface area contributed by atoms with Crippen LogP contribution < -0.4 is 21.7 Å². The maximum Gasteiger partial charge on any atom is 0.273 e. The van der Waals surface area contributed by atoms with Gasteiger partial charge in [0.05, 0.1) is 11.1 Å². The van der Waals surface area contributed by atoms with Crippen LogP contribution in [0, 0.1) is 5.41 Å². The Balaban J connectivity index is 2.24. The minimum Gasteiger partial charge on any atom is -0.507 e. The molecule has 0 aliphatic carbocycles. The third-order valence-corrected chi connectivity index (χ3v) is 7.83. The van der Waals surface area contributed by atoms with Gasteiger partial charge >= 0.3 is 0 Å². The largest absolute Gasteiger partial charge is 0.507 e. The molecule has 0 bridgehead atoms. The summed E-state index contributed by atoms with van der Waals surface area (Å²) in [5.41, 5.74) is 9.75. The van der Waals surface area contributed by atoms with Crippen molar-refractivity contribution in [3.05, 3.63) is 58.7 Å². The monoisotopic (exact) mass is 610 g/mol. The Labute approximate surface area is 261 Å². The van der Waals surface area contributed by atoms with E-state index in [2.05, 4.69) is 42.5 Å². The molecule has 0 saturated heterocycles. The van der Waals surface area contributed by atoms with E-state index >= 15 is 0 Å². The van der Waals surface area contributed by atoms with E-state index in [0.717, 1.165) is 68.9 Å². The highest BCUT2D eigenvalue weighted by molar-refractivity contribution is 6.07. The summed E-state index contributed by atoms with van der Waals surface area (Å²) in [6.07, 6.45) is 9.42. The van der Waals surface area contributed by atoms with Crippen molar-refractivity contribution < 1.29 is 29.4 Å². The molecule has 44 heavy (non-hydrogen) atoms. The van der Waals surface area contributed by atoms with Crippen LogP contribution in [0.5, 0.6) is 11.5 Å². The van der Waals surface area contributed by atoms with Crippen LogP contribution in [0.25, 0.3) is 0 Å². The summed E-state index contributed by atoms with van der Waals surface area (Å²) < 4.78 is 0. The van der Waals surface area contributed by atoms with Crippen molar-refractivity contribution in [2.24, 2.45) is 5.41 Å². The Morgan fingerprint density at radius 1 is 0.568 bits per heavy atom. The molecule has 2 rings (SSSR count). The number of carbonyl (C=O) groups is 4. The van der Waals surface area contributed by atoms with Crippen molar-refractivity contribution in [3.8, 4) is 11.5 Å². The molecule has 0 aliphatic heterocycles. The number of amides is 4. The number of hydrogen-bond acceptors (Lipinski definition) is 6. The minimum atomic E-state index is -1.60. The molecule has 0 unspecified atom stereocenters. The molecule has 0 fully saturated rings. The Bertz CT molecular complexity index is 1180. The number of rotatable bonds is 17. The van der Waals surface area contributed by atoms with Crippen LogP contribution in [0.1, 0.15) is 130 Å². The summed E-state index contributed by atoms with van der Waals surface area (Å²) in [5, 5.41) is 20.6. The van der Waals surface area contributed by atoms with Crippen LogP contribution in [0.2, 0.25) is 0 Å². The van der Waals surface area contributed by atoms with E-state index in [0.29, 0.717) is 12.8 Å². The summed E-state index contributed by atoms with van der Waals surface area (Å²) in [4.78, 5) is 53.4. The van der Waals surface area contributed by atoms with Gasteiger partial charge in [0.25, 0.3) is 23.6 Å². The zero-order valence-electron chi connectivity index (χ0n) is 26.7. The fraction of sp³-hybridized carbons (Fsp3) is 0.529. The van der Waals surface area contributed by atoms with Gasteiger partial charge in [0.2, 0.25) is 0 Å². The first-order valence-electron chi connectivity index (χ1n) is 16.0. The lowest BCUT2D eigenvalue weighted by Gasteiger charge is -2.31. The topological polar surface area (TPSA) is 157 Å². The lowest BCUT2D eigenvalue weighted by atomic mass is 9.77. The average molecular weight is 611 g/mol. The number of nitrogens with one attached hydrogen (secondary N) is 4. The number of carbonyl (C=O) groups excluding carboxylic acids is 4. The maximum atomic E-state index is 13.7. The molecule has 0 saturated carbocycles. The molecule has 0 spiro atoms. The van der Waals surface area contributed by atoms with Gasteiger partial charge in [-0.1, -0.05) is 84.8 Å². The van der Waals surface area contributed by atoms with Gasteiger partial charge in [-0.15, -0.1) is 0 Å². The summed E-state index contributed by atoms with van der Waals surface area (Å²) >= 11 is 0. The predicted molar refractivity (Wildman–Crippen MR) is 171 cm³/mol. The van der Waals surface area contributed by atoms with E-state index in [1.165, 1.54) is 12.1 Å². The molecule has 0 heterocycles. The van der Waals surface area contributed by atoms with Crippen LogP contribution >= 0.6 is 0 Å². The van der Waals surface area contributed by atoms with Gasteiger partial charge in [-0.2, -0.15) is 0 Å². The highest BCUT2D eigenvalue weighted by Gasteiger charge is 2.45. The summed E-state index contributed by atoms with van der Waals surface area (Å²) in [7, 11) is 0. The molecule has 2 aromatic carbocycles. The van der Waals surface area contributed by atoms with Gasteiger partial charge in [0, 0.05) is 0 Å². The Morgan fingerprint density at radius 3 is 1.43 bits per heavy atom. The van der Waals surface area contributed by atoms with Gasteiger partial charge in [-0.25, -0.2) is 0 Å². The molecule has 6 N–H and O–H groups in total. The molecule has 10 heteroatoms. The molecule has 0 aliphatic rings. The van der Waals surface area contributed by atoms with Crippen molar-refractivity contribution in [3.63, 3.8) is 0 Å². The molecule has 2 aromatic rings. The van der Waals surface area contributed by atoms with Crippen LogP contribution in [0.15, 0.2) is 36.4 Å². The predicted octanol–water partition coefficient (Wildman–Crippen LogP) is 5.76. The molecule has 0 atom stereocenters. The van der Waals surface area contributed by atoms with Gasteiger partial charge < -0.3 is 10.2 Å². The number of phenolic OH excluding ortho intramolecular Hbond substituents is 2. The number of hydrogen-bond donors (Lipinski definition) is 6. The number of phenols is 2. The maximum absolute atomic E-state index is 13.7. The first-order chi connectivity index (χ1) is 21.1. The van der Waals surface area contributed by atoms with E-state index < -0.39 is 29.0 Å². The van der Waals surface area contributed by atoms with Crippen molar-refractivity contribution in [1.29, 1.82) is 0 Å². The third kappa shape index (κ3) is 10.3. The Hall–Kier alpha value is -4.08. The second kappa shape index (κ2) is 18.6. The average Bonchev–Trinajstić information content (AvgIpc) is 3.02. The molecule has 242 valence electrons. The number of hydrazine groups is 2. The zero-order chi connectivity index (χ0) is 32.5. The molecule has 0 aromatic heterocycles. The smallest absolute Gasteiger partial charge is 0.273 e. The highest BCUT2D eigenvalue weighted by Crippen LogP contribution is 2.32. The quantitative estimate of drug-likeness (QED) is 0.0759. The lowest BCUT2D eigenvalue weighted by Crippen LogP contribution is -2.58. The standard InChI is InChI=1S/C34H50N4O6/c1-5-9-12-13-21-34(20-8-4,32(43)37-35-30(41)26-22-24(14-10-6-2)16-18-28(26)39)33(44)38-36-31(42)27-23-25(15-11-7-3)17-19-29(27)40/h16-19,22-23,39-40H,5-15,20-21H2,1-4H3,(H,35,41)(H,36,42)(H,37,43)(H,38,44). The number of benzene rings is 2. The van der Waals surface area contributed by atoms with Crippen molar-refractivity contribution in [1.82, 2.24) is 21.7 Å². The normalized spacial score (nSPS) is 11.1. The van der Waals surface area contributed by atoms with Crippen LogP contribution in [0.3, 0.4) is 0 Å². The van der Waals surface area contributed by atoms with Gasteiger partial charge in [-0.05, 0) is 73.9 Å². The number of aromatic hydroxyl groups is 2. The highest BCUT2D eigenvalue weighted by atomic mass is 16.3. The summed E-state index contributed by atoms with van der Waals surface area (Å²) in [6, 6.07) is 9.58. The third-order valence-electron chi connectivity index (χ3n) is 7.83. The van der Waals surface area contributed by atoms with E-state index in [1.807, 2.05) is 6.92 Å². The van der Waals surface area contributed by atoms with E-state index in [4.69, 9.17) is 0 Å². The Kier molecular flexibility index (Phi) is 15.2. The molecule has 0 radical (unpaired) electrons. The summed E-state index contributed by atoms with van der Waals surface area (Å²) in [5.74, 6) is -3.31. The van der Waals surface area contributed by atoms with Gasteiger partial charge in [-0.3, -0.25) is 40.9 Å². The Morgan fingerprint density at radius 2 is 1.02 bits per heavy atom. The van der Waals surface area contributed by atoms with Crippen LogP contribution in [-0.4, -0.2) is 33.8 Å². The SMILES string of the molecule is CCCCCCC(CCC)(C(=O)NNC(=O)c1cc(CCCC)ccc1O)C(=O)NNC(=O)c1cc(CCCC)ccc1O. The molecular weight excluding hydrogens is 560 g/mol. The zero-order valence-corrected chi connectivity index (χ0v) is 26.7. The lowest BCUT2D eigenvalue weighted by molar-refractivity contribution is -0.146. The fourth-order valence-corrected chi connectivity index (χ4v) is 5.17. The first-order valence-corrected chi connectivity index (χ1v) is 16.0. The minimum absolute atomic E-state index is 0.0145. The molecule has 4 amide bonds. The van der Waals surface area contributed by atoms with Gasteiger partial charge in [0.15, 0.2) is 0 Å². The van der Waals surface area contributed by atoms with Gasteiger partial charge in [0.1, 0.15) is 16.9 Å². The van der Waals surface area contributed by atoms with E-state index in [1.54, 1.807) is 24.3 Å². The number of unbranched alkanes of at least 4 members (excludes halogenated alkanes) is 5. The second-order valence-corrected chi connectivity index (χ2v) is 11.4. The van der Waals surface area contributed by atoms with Crippen LogP contribution in [0.4, 0.5) is 0 Å². The van der Waals surface area contributed by atoms with E-state index in [9.17, 15) is 29.4 Å². The van der Waals surface area contributed by atoms with E-state index in [-0.39, 0.29) is 35.5 Å². The molecular formula is C34H50N4O6. The first kappa shape index (κ1) is 36.1. The van der Waals surface area contributed by atoms with Crippen molar-refractivity contribution in [2.45, 2.75) is 111 Å². The number of aryl methyl sites for hydroxylation is 2. The second-order valence-electron chi connectivity index (χ2n) is 11.4. The van der Waals surface area contributed by atoms with Crippen LogP contribution in [-0.2, 0) is 22.4 Å². The van der Waals surface area contributed by atoms with Crippen molar-refractivity contribution in [2.75, 3.05) is 0 Å². The fourth-order valence-electron chi connectivity index (χ4n) is 5.17.